The van der Waals surface area contributed by atoms with E-state index in [0.29, 0.717) is 43.2 Å². The van der Waals surface area contributed by atoms with Gasteiger partial charge in [0.25, 0.3) is 5.91 Å². The summed E-state index contributed by atoms with van der Waals surface area (Å²) in [7, 11) is -1.54. The van der Waals surface area contributed by atoms with Crippen molar-refractivity contribution < 1.29 is 31.9 Å². The molecule has 1 saturated carbocycles. The summed E-state index contributed by atoms with van der Waals surface area (Å²) in [6, 6.07) is 11.0. The van der Waals surface area contributed by atoms with Crippen LogP contribution in [0.3, 0.4) is 0 Å². The van der Waals surface area contributed by atoms with E-state index in [-0.39, 0.29) is 25.0 Å². The number of hydrogen-bond acceptors (Lipinski definition) is 7. The van der Waals surface area contributed by atoms with Crippen molar-refractivity contribution in [2.24, 2.45) is 7.05 Å². The van der Waals surface area contributed by atoms with Crippen LogP contribution < -0.4 is 4.72 Å². The molecule has 3 aromatic rings. The monoisotopic (exact) mass is 623 g/mol. The van der Waals surface area contributed by atoms with Crippen molar-refractivity contribution in [3.8, 4) is 11.1 Å². The van der Waals surface area contributed by atoms with Gasteiger partial charge in [-0.1, -0.05) is 30.3 Å². The number of nitrogens with zero attached hydrogens (tertiary/aromatic N) is 4. The molecule has 13 heteroatoms. The first kappa shape index (κ1) is 29.9. The average Bonchev–Trinajstić information content (AvgIpc) is 3.64. The van der Waals surface area contributed by atoms with E-state index in [9.17, 15) is 27.2 Å². The van der Waals surface area contributed by atoms with E-state index in [1.807, 2.05) is 31.4 Å². The van der Waals surface area contributed by atoms with Crippen LogP contribution in [0.2, 0.25) is 0 Å². The van der Waals surface area contributed by atoms with Gasteiger partial charge in [-0.3, -0.25) is 14.3 Å². The van der Waals surface area contributed by atoms with Gasteiger partial charge in [-0.2, -0.15) is 5.10 Å². The van der Waals surface area contributed by atoms with Gasteiger partial charge in [-0.25, -0.2) is 27.2 Å². The number of imide groups is 1. The molecular formula is C31H34FN5O6S. The third kappa shape index (κ3) is 5.85. The van der Waals surface area contributed by atoms with Gasteiger partial charge >= 0.3 is 6.09 Å². The van der Waals surface area contributed by atoms with Crippen LogP contribution in [0.1, 0.15) is 48.8 Å². The minimum absolute atomic E-state index is 0.149. The Bertz CT molecular complexity index is 1720. The predicted octanol–water partition coefficient (Wildman–Crippen LogP) is 3.24. The molecule has 1 atom stereocenters. The lowest BCUT2D eigenvalue weighted by Gasteiger charge is -2.37. The molecule has 0 unspecified atom stereocenters. The minimum atomic E-state index is -3.37. The second-order valence-corrected chi connectivity index (χ2v) is 13.7. The number of carbonyl (C=O) groups is 3. The number of ether oxygens (including phenoxy) is 1. The van der Waals surface area contributed by atoms with Crippen molar-refractivity contribution in [2.75, 3.05) is 12.8 Å². The fourth-order valence-electron chi connectivity index (χ4n) is 6.64. The number of benzene rings is 2. The second kappa shape index (κ2) is 11.4. The molecule has 2 aromatic carbocycles. The SMILES string of the molecule is Cn1cc(-c2ccc3c(c2)CC[C@@]32OC(=O)N(CC(=O)N(Cc3ccc(F)cc3)C3CCC(NS(C)(=O)=O)CC3)C2=O)cn1. The Morgan fingerprint density at radius 2 is 1.84 bits per heavy atom. The third-order valence-electron chi connectivity index (χ3n) is 8.80. The maximum Gasteiger partial charge on any atom is 0.418 e. The van der Waals surface area contributed by atoms with Crippen molar-refractivity contribution in [3.05, 3.63) is 77.4 Å². The van der Waals surface area contributed by atoms with Crippen LogP contribution in [0, 0.1) is 5.82 Å². The Hall–Kier alpha value is -4.10. The molecule has 1 aliphatic heterocycles. The molecule has 1 N–H and O–H groups in total. The van der Waals surface area contributed by atoms with Crippen LogP contribution in [0.25, 0.3) is 11.1 Å². The second-order valence-electron chi connectivity index (χ2n) is 11.9. The minimum Gasteiger partial charge on any atom is -0.427 e. The molecule has 44 heavy (non-hydrogen) atoms. The van der Waals surface area contributed by atoms with E-state index >= 15 is 0 Å². The fraction of sp³-hybridized carbons (Fsp3) is 0.419. The zero-order valence-electron chi connectivity index (χ0n) is 24.5. The van der Waals surface area contributed by atoms with Crippen LogP contribution in [-0.4, -0.2) is 70.8 Å². The molecule has 2 fully saturated rings. The van der Waals surface area contributed by atoms with Crippen LogP contribution in [0.15, 0.2) is 54.9 Å². The van der Waals surface area contributed by atoms with Gasteiger partial charge in [-0.05, 0) is 60.9 Å². The summed E-state index contributed by atoms with van der Waals surface area (Å²) in [6.45, 7) is -0.346. The molecule has 232 valence electrons. The van der Waals surface area contributed by atoms with E-state index in [2.05, 4.69) is 9.82 Å². The zero-order chi connectivity index (χ0) is 31.2. The summed E-state index contributed by atoms with van der Waals surface area (Å²) >= 11 is 0. The number of hydrogen-bond donors (Lipinski definition) is 1. The highest BCUT2D eigenvalue weighted by Gasteiger charge is 2.58. The van der Waals surface area contributed by atoms with Crippen molar-refractivity contribution in [3.63, 3.8) is 0 Å². The first-order chi connectivity index (χ1) is 20.9. The van der Waals surface area contributed by atoms with Gasteiger partial charge in [-0.15, -0.1) is 0 Å². The highest BCUT2D eigenvalue weighted by atomic mass is 32.2. The van der Waals surface area contributed by atoms with Gasteiger partial charge in [0, 0.05) is 49.4 Å². The number of sulfonamides is 1. The molecule has 3 amide bonds. The van der Waals surface area contributed by atoms with E-state index in [0.717, 1.165) is 27.8 Å². The third-order valence-corrected chi connectivity index (χ3v) is 9.56. The lowest BCUT2D eigenvalue weighted by Crippen LogP contribution is -2.50. The van der Waals surface area contributed by atoms with Crippen LogP contribution in [0.5, 0.6) is 0 Å². The number of fused-ring (bicyclic) bond motifs is 2. The Balaban J connectivity index is 1.21. The normalized spacial score (nSPS) is 23.2. The number of halogens is 1. The quantitative estimate of drug-likeness (QED) is 0.408. The summed E-state index contributed by atoms with van der Waals surface area (Å²) in [5.74, 6) is -1.41. The summed E-state index contributed by atoms with van der Waals surface area (Å²) in [5.41, 5.74) is 2.61. The number of carbonyl (C=O) groups excluding carboxylic acids is 3. The highest BCUT2D eigenvalue weighted by Crippen LogP contribution is 2.46. The number of amides is 3. The zero-order valence-corrected chi connectivity index (χ0v) is 25.3. The molecule has 1 aromatic heterocycles. The average molecular weight is 624 g/mol. The molecule has 11 nitrogen and oxygen atoms in total. The Labute approximate surface area is 255 Å². The van der Waals surface area contributed by atoms with Gasteiger partial charge in [0.1, 0.15) is 12.4 Å². The largest absolute Gasteiger partial charge is 0.427 e. The molecule has 0 radical (unpaired) electrons. The van der Waals surface area contributed by atoms with Crippen LogP contribution in [0.4, 0.5) is 9.18 Å². The van der Waals surface area contributed by atoms with Crippen LogP contribution in [-0.2, 0) is 50.0 Å². The summed E-state index contributed by atoms with van der Waals surface area (Å²) in [6.07, 6.45) is 6.81. The molecule has 2 aliphatic carbocycles. The van der Waals surface area contributed by atoms with Crippen LogP contribution >= 0.6 is 0 Å². The number of aryl methyl sites for hydroxylation is 2. The summed E-state index contributed by atoms with van der Waals surface area (Å²) in [5, 5.41) is 4.22. The van der Waals surface area contributed by atoms with Crippen molar-refractivity contribution in [2.45, 2.75) is 62.8 Å². The molecule has 6 rings (SSSR count). The van der Waals surface area contributed by atoms with Gasteiger partial charge in [0.15, 0.2) is 0 Å². The standard InChI is InChI=1S/C31H34FN5O6S/c1-35-18-23(16-33-35)21-5-12-27-22(15-21)13-14-31(27)29(39)37(30(40)43-31)19-28(38)36(17-20-3-6-24(32)7-4-20)26-10-8-25(9-11-26)34-44(2,41)42/h3-7,12,15-16,18,25-26,34H,8-11,13-14,17,19H2,1-2H3/t25?,26?,31-/m1/s1. The van der Waals surface area contributed by atoms with Gasteiger partial charge in [0.05, 0.1) is 12.5 Å². The maximum atomic E-state index is 13.9. The molecular weight excluding hydrogens is 589 g/mol. The van der Waals surface area contributed by atoms with Gasteiger partial charge in [0.2, 0.25) is 21.5 Å². The molecule has 1 saturated heterocycles. The molecule has 1 spiro atoms. The van der Waals surface area contributed by atoms with E-state index < -0.39 is 45.9 Å². The van der Waals surface area contributed by atoms with Crippen molar-refractivity contribution in [1.82, 2.24) is 24.3 Å². The number of aromatic nitrogens is 2. The smallest absolute Gasteiger partial charge is 0.418 e. The van der Waals surface area contributed by atoms with E-state index in [4.69, 9.17) is 4.74 Å². The topological polar surface area (TPSA) is 131 Å². The van der Waals surface area contributed by atoms with Crippen molar-refractivity contribution >= 4 is 27.9 Å². The Morgan fingerprint density at radius 3 is 2.50 bits per heavy atom. The van der Waals surface area contributed by atoms with E-state index in [1.54, 1.807) is 27.9 Å². The summed E-state index contributed by atoms with van der Waals surface area (Å²) < 4.78 is 47.2. The first-order valence-electron chi connectivity index (χ1n) is 14.6. The first-order valence-corrected chi connectivity index (χ1v) is 16.5. The lowest BCUT2D eigenvalue weighted by molar-refractivity contribution is -0.143. The Morgan fingerprint density at radius 1 is 1.11 bits per heavy atom. The number of nitrogens with one attached hydrogen (secondary N) is 1. The molecule has 3 aliphatic rings. The van der Waals surface area contributed by atoms with Gasteiger partial charge < -0.3 is 9.64 Å². The summed E-state index contributed by atoms with van der Waals surface area (Å²) in [4.78, 5) is 43.4. The van der Waals surface area contributed by atoms with Crippen molar-refractivity contribution in [1.29, 1.82) is 0 Å². The van der Waals surface area contributed by atoms with E-state index in [1.165, 1.54) is 12.1 Å². The maximum absolute atomic E-state index is 13.9. The number of rotatable bonds is 8. The fourth-order valence-corrected chi connectivity index (χ4v) is 7.49. The predicted molar refractivity (Wildman–Crippen MR) is 158 cm³/mol. The molecule has 0 bridgehead atoms. The lowest BCUT2D eigenvalue weighted by atomic mass is 9.90. The highest BCUT2D eigenvalue weighted by molar-refractivity contribution is 7.88. The molecule has 2 heterocycles. The Kier molecular flexibility index (Phi) is 7.78.